The van der Waals surface area contributed by atoms with Crippen LogP contribution in [0.3, 0.4) is 0 Å². The Morgan fingerprint density at radius 3 is 2.26 bits per heavy atom. The van der Waals surface area contributed by atoms with Gasteiger partial charge in [-0.15, -0.1) is 0 Å². The summed E-state index contributed by atoms with van der Waals surface area (Å²) in [5.41, 5.74) is 1.14. The molecule has 2 rings (SSSR count). The summed E-state index contributed by atoms with van der Waals surface area (Å²) in [4.78, 5) is 0.221. The molecule has 0 aliphatic heterocycles. The summed E-state index contributed by atoms with van der Waals surface area (Å²) in [5, 5.41) is 0.511. The van der Waals surface area contributed by atoms with Crippen LogP contribution in [0.25, 0.3) is 0 Å². The second kappa shape index (κ2) is 7.81. The van der Waals surface area contributed by atoms with E-state index in [2.05, 4.69) is 4.72 Å². The van der Waals surface area contributed by atoms with Crippen molar-refractivity contribution in [3.63, 3.8) is 0 Å². The van der Waals surface area contributed by atoms with Crippen LogP contribution in [0.2, 0.25) is 5.02 Å². The molecule has 0 bridgehead atoms. The lowest BCUT2D eigenvalue weighted by atomic mass is 10.1. The smallest absolute Gasteiger partial charge is 0.240 e. The number of halogens is 1. The Kier molecular flexibility index (Phi) is 6.04. The predicted molar refractivity (Wildman–Crippen MR) is 92.6 cm³/mol. The maximum absolute atomic E-state index is 12.3. The van der Waals surface area contributed by atoms with E-state index in [9.17, 15) is 8.42 Å². The fraction of sp³-hybridized carbons (Fsp3) is 0.294. The van der Waals surface area contributed by atoms with Crippen LogP contribution in [0.5, 0.6) is 5.75 Å². The van der Waals surface area contributed by atoms with Gasteiger partial charge >= 0.3 is 0 Å². The van der Waals surface area contributed by atoms with Crippen molar-refractivity contribution in [3.05, 3.63) is 59.1 Å². The van der Waals surface area contributed by atoms with Gasteiger partial charge in [-0.3, -0.25) is 0 Å². The van der Waals surface area contributed by atoms with E-state index in [0.717, 1.165) is 17.7 Å². The molecule has 23 heavy (non-hydrogen) atoms. The number of rotatable bonds is 7. The van der Waals surface area contributed by atoms with Gasteiger partial charge in [0.2, 0.25) is 10.0 Å². The molecule has 1 atom stereocenters. The molecule has 2 aromatic rings. The minimum atomic E-state index is -3.52. The minimum absolute atomic E-state index is 0.169. The number of aryl methyl sites for hydroxylation is 1. The molecule has 0 aliphatic carbocycles. The van der Waals surface area contributed by atoms with Gasteiger partial charge in [-0.1, -0.05) is 23.7 Å². The molecule has 0 aromatic heterocycles. The van der Waals surface area contributed by atoms with Crippen LogP contribution in [0, 0.1) is 0 Å². The Bertz CT molecular complexity index is 727. The van der Waals surface area contributed by atoms with E-state index in [4.69, 9.17) is 16.3 Å². The minimum Gasteiger partial charge on any atom is -0.497 e. The van der Waals surface area contributed by atoms with Gasteiger partial charge in [-0.25, -0.2) is 13.1 Å². The van der Waals surface area contributed by atoms with Gasteiger partial charge in [0.1, 0.15) is 5.75 Å². The van der Waals surface area contributed by atoms with Crippen molar-refractivity contribution in [2.75, 3.05) is 7.11 Å². The molecular formula is C17H20ClNO3S. The first-order valence-electron chi connectivity index (χ1n) is 7.31. The largest absolute Gasteiger partial charge is 0.497 e. The molecule has 2 aromatic carbocycles. The summed E-state index contributed by atoms with van der Waals surface area (Å²) in [7, 11) is -1.89. The van der Waals surface area contributed by atoms with Crippen LogP contribution in [0.4, 0.5) is 0 Å². The maximum atomic E-state index is 12.3. The van der Waals surface area contributed by atoms with Crippen molar-refractivity contribution >= 4 is 21.6 Å². The van der Waals surface area contributed by atoms with Gasteiger partial charge in [-0.2, -0.15) is 0 Å². The predicted octanol–water partition coefficient (Wildman–Crippen LogP) is 3.65. The lowest BCUT2D eigenvalue weighted by Gasteiger charge is -2.14. The van der Waals surface area contributed by atoms with Gasteiger partial charge in [0.15, 0.2) is 0 Å². The summed E-state index contributed by atoms with van der Waals surface area (Å²) < 4.78 is 32.4. The second-order valence-electron chi connectivity index (χ2n) is 5.36. The van der Waals surface area contributed by atoms with E-state index >= 15 is 0 Å². The van der Waals surface area contributed by atoms with E-state index in [1.807, 2.05) is 31.2 Å². The highest BCUT2D eigenvalue weighted by molar-refractivity contribution is 7.89. The molecule has 0 saturated carbocycles. The zero-order chi connectivity index (χ0) is 16.9. The molecule has 0 spiro atoms. The second-order valence-corrected chi connectivity index (χ2v) is 7.51. The summed E-state index contributed by atoms with van der Waals surface area (Å²) in [6.45, 7) is 1.86. The van der Waals surface area contributed by atoms with Crippen LogP contribution < -0.4 is 9.46 Å². The average Bonchev–Trinajstić information content (AvgIpc) is 2.53. The summed E-state index contributed by atoms with van der Waals surface area (Å²) in [6, 6.07) is 13.7. The first-order valence-corrected chi connectivity index (χ1v) is 9.17. The third-order valence-corrected chi connectivity index (χ3v) is 5.36. The molecule has 1 unspecified atom stereocenters. The molecule has 6 heteroatoms. The number of hydrogen-bond donors (Lipinski definition) is 1. The zero-order valence-electron chi connectivity index (χ0n) is 13.1. The van der Waals surface area contributed by atoms with E-state index in [-0.39, 0.29) is 10.9 Å². The zero-order valence-corrected chi connectivity index (χ0v) is 14.7. The molecule has 0 radical (unpaired) electrons. The Morgan fingerprint density at radius 1 is 1.09 bits per heavy atom. The van der Waals surface area contributed by atoms with Gasteiger partial charge in [0.05, 0.1) is 12.0 Å². The molecule has 4 nitrogen and oxygen atoms in total. The Hall–Kier alpha value is -1.56. The Balaban J connectivity index is 1.92. The first-order chi connectivity index (χ1) is 10.9. The lowest BCUT2D eigenvalue weighted by molar-refractivity contribution is 0.414. The van der Waals surface area contributed by atoms with Crippen LogP contribution in [-0.2, 0) is 16.4 Å². The highest BCUT2D eigenvalue weighted by Gasteiger charge is 2.17. The monoisotopic (exact) mass is 353 g/mol. The van der Waals surface area contributed by atoms with Crippen LogP contribution in [0.15, 0.2) is 53.4 Å². The molecule has 0 aliphatic rings. The molecular weight excluding hydrogens is 334 g/mol. The first kappa shape index (κ1) is 17.8. The van der Waals surface area contributed by atoms with E-state index in [1.165, 1.54) is 12.1 Å². The number of hydrogen-bond acceptors (Lipinski definition) is 3. The number of ether oxygens (including phenoxy) is 1. The molecule has 0 saturated heterocycles. The normalized spacial score (nSPS) is 12.8. The molecule has 124 valence electrons. The van der Waals surface area contributed by atoms with Crippen LogP contribution in [0.1, 0.15) is 18.9 Å². The van der Waals surface area contributed by atoms with Gasteiger partial charge in [-0.05, 0) is 61.7 Å². The SMILES string of the molecule is COc1ccc(CCC(C)NS(=O)(=O)c2ccc(Cl)cc2)cc1. The quantitative estimate of drug-likeness (QED) is 0.826. The highest BCUT2D eigenvalue weighted by Crippen LogP contribution is 2.16. The van der Waals surface area contributed by atoms with E-state index in [0.29, 0.717) is 11.4 Å². The van der Waals surface area contributed by atoms with Crippen molar-refractivity contribution in [2.45, 2.75) is 30.7 Å². The molecule has 0 heterocycles. The number of sulfonamides is 1. The van der Waals surface area contributed by atoms with Crippen LogP contribution in [-0.4, -0.2) is 21.6 Å². The van der Waals surface area contributed by atoms with E-state index < -0.39 is 10.0 Å². The topological polar surface area (TPSA) is 55.4 Å². The lowest BCUT2D eigenvalue weighted by Crippen LogP contribution is -2.32. The molecule has 1 N–H and O–H groups in total. The van der Waals surface area contributed by atoms with Crippen molar-refractivity contribution in [3.8, 4) is 5.75 Å². The molecule has 0 amide bonds. The summed E-state index contributed by atoms with van der Waals surface area (Å²) in [5.74, 6) is 0.810. The van der Waals surface area contributed by atoms with Gasteiger partial charge in [0.25, 0.3) is 0 Å². The Morgan fingerprint density at radius 2 is 1.70 bits per heavy atom. The van der Waals surface area contributed by atoms with Crippen LogP contribution >= 0.6 is 11.6 Å². The fourth-order valence-corrected chi connectivity index (χ4v) is 3.58. The van der Waals surface area contributed by atoms with Crippen molar-refractivity contribution in [2.24, 2.45) is 0 Å². The molecule has 0 fully saturated rings. The standard InChI is InChI=1S/C17H20ClNO3S/c1-13(3-4-14-5-9-16(22-2)10-6-14)19-23(20,21)17-11-7-15(18)8-12-17/h5-13,19H,3-4H2,1-2H3. The van der Waals surface area contributed by atoms with Crippen molar-refractivity contribution in [1.82, 2.24) is 4.72 Å². The highest BCUT2D eigenvalue weighted by atomic mass is 35.5. The summed E-state index contributed by atoms with van der Waals surface area (Å²) >= 11 is 5.78. The van der Waals surface area contributed by atoms with Crippen molar-refractivity contribution < 1.29 is 13.2 Å². The average molecular weight is 354 g/mol. The van der Waals surface area contributed by atoms with Crippen molar-refractivity contribution in [1.29, 1.82) is 0 Å². The summed E-state index contributed by atoms with van der Waals surface area (Å²) in [6.07, 6.45) is 1.49. The van der Waals surface area contributed by atoms with E-state index in [1.54, 1.807) is 19.2 Å². The Labute approximate surface area is 142 Å². The van der Waals surface area contributed by atoms with Gasteiger partial charge in [0, 0.05) is 11.1 Å². The fourth-order valence-electron chi connectivity index (χ4n) is 2.18. The third kappa shape index (κ3) is 5.23. The number of nitrogens with one attached hydrogen (secondary N) is 1. The number of benzene rings is 2. The third-order valence-electron chi connectivity index (χ3n) is 3.51. The van der Waals surface area contributed by atoms with Gasteiger partial charge < -0.3 is 4.74 Å². The number of methoxy groups -OCH3 is 1. The maximum Gasteiger partial charge on any atom is 0.240 e.